The predicted octanol–water partition coefficient (Wildman–Crippen LogP) is 3.24. The van der Waals surface area contributed by atoms with E-state index in [1.54, 1.807) is 0 Å². The molecule has 5 heteroatoms. The van der Waals surface area contributed by atoms with E-state index in [4.69, 9.17) is 16.3 Å². The molecule has 0 saturated carbocycles. The number of hydrogen-bond acceptors (Lipinski definition) is 3. The molecule has 18 heavy (non-hydrogen) atoms. The molecule has 1 atom stereocenters. The highest BCUT2D eigenvalue weighted by Gasteiger charge is 2.19. The van der Waals surface area contributed by atoms with E-state index in [2.05, 4.69) is 33.1 Å². The highest BCUT2D eigenvalue weighted by atomic mass is 79.9. The van der Waals surface area contributed by atoms with Gasteiger partial charge >= 0.3 is 0 Å². The standard InChI is InChI=1S/C13H18BrClN2O/c1-2-17-5-6-18-11(9-17)8-16-13-7-10(14)3-4-12(13)15/h3-4,7,11,16H,2,5-6,8-9H2,1H3. The Kier molecular flexibility index (Phi) is 5.30. The minimum Gasteiger partial charge on any atom is -0.381 e. The molecule has 1 heterocycles. The van der Waals surface area contributed by atoms with Gasteiger partial charge in [0.25, 0.3) is 0 Å². The van der Waals surface area contributed by atoms with Gasteiger partial charge < -0.3 is 10.1 Å². The van der Waals surface area contributed by atoms with Gasteiger partial charge in [0.2, 0.25) is 0 Å². The first-order valence-electron chi connectivity index (χ1n) is 6.22. The van der Waals surface area contributed by atoms with Gasteiger partial charge in [0.15, 0.2) is 0 Å². The number of anilines is 1. The van der Waals surface area contributed by atoms with Crippen molar-refractivity contribution < 1.29 is 4.74 Å². The maximum Gasteiger partial charge on any atom is 0.0874 e. The molecular formula is C13H18BrClN2O. The fraction of sp³-hybridized carbons (Fsp3) is 0.538. The average Bonchev–Trinajstić information content (AvgIpc) is 2.40. The Labute approximate surface area is 122 Å². The van der Waals surface area contributed by atoms with Crippen molar-refractivity contribution in [1.29, 1.82) is 0 Å². The first kappa shape index (κ1) is 14.1. The van der Waals surface area contributed by atoms with Crippen molar-refractivity contribution in [1.82, 2.24) is 4.90 Å². The van der Waals surface area contributed by atoms with Gasteiger partial charge in [0, 0.05) is 24.1 Å². The van der Waals surface area contributed by atoms with Gasteiger partial charge in [-0.1, -0.05) is 34.5 Å². The second-order valence-corrected chi connectivity index (χ2v) is 5.71. The van der Waals surface area contributed by atoms with Crippen molar-refractivity contribution in [2.45, 2.75) is 13.0 Å². The lowest BCUT2D eigenvalue weighted by Crippen LogP contribution is -2.45. The molecule has 1 fully saturated rings. The largest absolute Gasteiger partial charge is 0.381 e. The van der Waals surface area contributed by atoms with E-state index in [9.17, 15) is 0 Å². The summed E-state index contributed by atoms with van der Waals surface area (Å²) in [6.07, 6.45) is 0.230. The summed E-state index contributed by atoms with van der Waals surface area (Å²) in [5, 5.41) is 4.09. The Morgan fingerprint density at radius 3 is 3.17 bits per heavy atom. The van der Waals surface area contributed by atoms with Crippen molar-refractivity contribution in [3.63, 3.8) is 0 Å². The lowest BCUT2D eigenvalue weighted by atomic mass is 10.2. The summed E-state index contributed by atoms with van der Waals surface area (Å²) < 4.78 is 6.77. The molecule has 0 aliphatic carbocycles. The molecule has 1 aromatic carbocycles. The van der Waals surface area contributed by atoms with Gasteiger partial charge in [-0.25, -0.2) is 0 Å². The Morgan fingerprint density at radius 2 is 2.39 bits per heavy atom. The first-order valence-corrected chi connectivity index (χ1v) is 7.39. The minimum absolute atomic E-state index is 0.230. The molecule has 0 amide bonds. The fourth-order valence-electron chi connectivity index (χ4n) is 2.05. The molecule has 0 radical (unpaired) electrons. The van der Waals surface area contributed by atoms with E-state index in [1.807, 2.05) is 18.2 Å². The van der Waals surface area contributed by atoms with Crippen molar-refractivity contribution in [3.8, 4) is 0 Å². The van der Waals surface area contributed by atoms with Crippen molar-refractivity contribution in [3.05, 3.63) is 27.7 Å². The summed E-state index contributed by atoms with van der Waals surface area (Å²) in [6.45, 7) is 6.87. The minimum atomic E-state index is 0.230. The van der Waals surface area contributed by atoms with Crippen LogP contribution in [-0.2, 0) is 4.74 Å². The number of halogens is 2. The number of morpholine rings is 1. The molecule has 1 aliphatic heterocycles. The molecule has 100 valence electrons. The second kappa shape index (κ2) is 6.75. The van der Waals surface area contributed by atoms with Gasteiger partial charge in [-0.3, -0.25) is 4.90 Å². The molecule has 2 rings (SSSR count). The van der Waals surface area contributed by atoms with E-state index in [1.165, 1.54) is 0 Å². The van der Waals surface area contributed by atoms with Crippen LogP contribution < -0.4 is 5.32 Å². The second-order valence-electron chi connectivity index (χ2n) is 4.39. The lowest BCUT2D eigenvalue weighted by molar-refractivity contribution is -0.0191. The molecule has 1 aromatic rings. The zero-order chi connectivity index (χ0) is 13.0. The lowest BCUT2D eigenvalue weighted by Gasteiger charge is -2.32. The molecule has 3 nitrogen and oxygen atoms in total. The summed E-state index contributed by atoms with van der Waals surface area (Å²) in [7, 11) is 0. The SMILES string of the molecule is CCN1CCOC(CNc2cc(Br)ccc2Cl)C1. The van der Waals surface area contributed by atoms with E-state index in [-0.39, 0.29) is 6.10 Å². The average molecular weight is 334 g/mol. The van der Waals surface area contributed by atoms with Crippen LogP contribution in [0.15, 0.2) is 22.7 Å². The molecule has 0 spiro atoms. The maximum absolute atomic E-state index is 6.14. The number of benzene rings is 1. The van der Waals surface area contributed by atoms with E-state index >= 15 is 0 Å². The van der Waals surface area contributed by atoms with Crippen LogP contribution in [0.4, 0.5) is 5.69 Å². The van der Waals surface area contributed by atoms with Gasteiger partial charge in [-0.05, 0) is 24.7 Å². The van der Waals surface area contributed by atoms with E-state index in [0.717, 1.165) is 48.0 Å². The Bertz CT molecular complexity index is 403. The highest BCUT2D eigenvalue weighted by Crippen LogP contribution is 2.25. The van der Waals surface area contributed by atoms with Gasteiger partial charge in [-0.15, -0.1) is 0 Å². The quantitative estimate of drug-likeness (QED) is 0.915. The molecule has 1 unspecified atom stereocenters. The van der Waals surface area contributed by atoms with Gasteiger partial charge in [0.05, 0.1) is 23.4 Å². The van der Waals surface area contributed by atoms with E-state index < -0.39 is 0 Å². The number of hydrogen-bond donors (Lipinski definition) is 1. The van der Waals surface area contributed by atoms with E-state index in [0.29, 0.717) is 0 Å². The van der Waals surface area contributed by atoms with Gasteiger partial charge in [-0.2, -0.15) is 0 Å². The third-order valence-electron chi connectivity index (χ3n) is 3.12. The molecule has 1 N–H and O–H groups in total. The third-order valence-corrected chi connectivity index (χ3v) is 3.94. The Balaban J connectivity index is 1.89. The van der Waals surface area contributed by atoms with Crippen LogP contribution in [0.25, 0.3) is 0 Å². The Morgan fingerprint density at radius 1 is 1.56 bits per heavy atom. The van der Waals surface area contributed by atoms with Crippen molar-refractivity contribution in [2.75, 3.05) is 38.1 Å². The first-order chi connectivity index (χ1) is 8.69. The molecule has 0 bridgehead atoms. The van der Waals surface area contributed by atoms with Crippen molar-refractivity contribution in [2.24, 2.45) is 0 Å². The molecule has 1 saturated heterocycles. The van der Waals surface area contributed by atoms with Crippen LogP contribution in [0.5, 0.6) is 0 Å². The summed E-state index contributed by atoms with van der Waals surface area (Å²) in [5.74, 6) is 0. The summed E-state index contributed by atoms with van der Waals surface area (Å²) in [4.78, 5) is 2.40. The zero-order valence-corrected chi connectivity index (χ0v) is 12.8. The number of ether oxygens (including phenoxy) is 1. The van der Waals surface area contributed by atoms with Crippen molar-refractivity contribution >= 4 is 33.2 Å². The molecular weight excluding hydrogens is 316 g/mol. The normalized spacial score (nSPS) is 20.9. The maximum atomic E-state index is 6.14. The summed E-state index contributed by atoms with van der Waals surface area (Å²) in [5.41, 5.74) is 0.947. The number of nitrogens with one attached hydrogen (secondary N) is 1. The number of likely N-dealkylation sites (N-methyl/N-ethyl adjacent to an activating group) is 1. The van der Waals surface area contributed by atoms with Gasteiger partial charge in [0.1, 0.15) is 0 Å². The number of rotatable bonds is 4. The fourth-order valence-corrected chi connectivity index (χ4v) is 2.59. The van der Waals surface area contributed by atoms with Crippen LogP contribution in [0.3, 0.4) is 0 Å². The Hall–Kier alpha value is -0.290. The topological polar surface area (TPSA) is 24.5 Å². The van der Waals surface area contributed by atoms with Crippen LogP contribution in [0, 0.1) is 0 Å². The number of nitrogens with zero attached hydrogens (tertiary/aromatic N) is 1. The smallest absolute Gasteiger partial charge is 0.0874 e. The van der Waals surface area contributed by atoms with Crippen LogP contribution in [-0.4, -0.2) is 43.8 Å². The zero-order valence-electron chi connectivity index (χ0n) is 10.5. The third kappa shape index (κ3) is 3.85. The monoisotopic (exact) mass is 332 g/mol. The van der Waals surface area contributed by atoms with Crippen LogP contribution in [0.2, 0.25) is 5.02 Å². The molecule has 0 aromatic heterocycles. The molecule has 1 aliphatic rings. The predicted molar refractivity (Wildman–Crippen MR) is 79.5 cm³/mol. The summed E-state index contributed by atoms with van der Waals surface area (Å²) in [6, 6.07) is 5.81. The van der Waals surface area contributed by atoms with Crippen LogP contribution in [0.1, 0.15) is 6.92 Å². The summed E-state index contributed by atoms with van der Waals surface area (Å²) >= 11 is 9.58. The van der Waals surface area contributed by atoms with Crippen LogP contribution >= 0.6 is 27.5 Å². The highest BCUT2D eigenvalue weighted by molar-refractivity contribution is 9.10.